The van der Waals surface area contributed by atoms with Gasteiger partial charge >= 0.3 is 0 Å². The van der Waals surface area contributed by atoms with Gasteiger partial charge in [-0.15, -0.1) is 0 Å². The van der Waals surface area contributed by atoms with E-state index in [4.69, 9.17) is 0 Å². The predicted octanol–water partition coefficient (Wildman–Crippen LogP) is 3.58. The lowest BCUT2D eigenvalue weighted by Crippen LogP contribution is -2.50. The molecule has 19 heavy (non-hydrogen) atoms. The van der Waals surface area contributed by atoms with Gasteiger partial charge in [0.05, 0.1) is 12.1 Å². The Bertz CT molecular complexity index is 411. The Kier molecular flexibility index (Phi) is 3.99. The van der Waals surface area contributed by atoms with E-state index in [0.717, 1.165) is 38.1 Å². The summed E-state index contributed by atoms with van der Waals surface area (Å²) in [6, 6.07) is 8.54. The number of hydrogen-bond donors (Lipinski definition) is 0. The smallest absolute Gasteiger partial charge is 0.0812 e. The molecule has 1 aliphatic heterocycles. The molecular weight excluding hydrogens is 259 g/mol. The van der Waals surface area contributed by atoms with Crippen LogP contribution in [0.4, 0.5) is 9.57 Å². The normalized spacial score (nSPS) is 22.5. The summed E-state index contributed by atoms with van der Waals surface area (Å²) in [4.78, 5) is 5.72. The van der Waals surface area contributed by atoms with Gasteiger partial charge in [0, 0.05) is 42.8 Å². The molecule has 1 saturated carbocycles. The zero-order valence-electron chi connectivity index (χ0n) is 11.4. The van der Waals surface area contributed by atoms with Gasteiger partial charge in [-0.25, -0.2) is 0 Å². The van der Waals surface area contributed by atoms with Crippen molar-refractivity contribution in [1.82, 2.24) is 4.90 Å². The molecule has 0 N–H and O–H groups in total. The standard InChI is InChI=1S/C15H21FN2S/c1-12(13-2-3-13)17-8-10-18(11-9-17)14-4-6-15(19-16)7-5-14/h4-7,12-13H,2-3,8-11H2,1H3. The SMILES string of the molecule is CC(C1CC1)N1CCN(c2ccc(SF)cc2)CC1. The van der Waals surface area contributed by atoms with Crippen LogP contribution in [0.5, 0.6) is 0 Å². The van der Waals surface area contributed by atoms with Crippen LogP contribution >= 0.6 is 12.1 Å². The van der Waals surface area contributed by atoms with Crippen LogP contribution < -0.4 is 4.90 Å². The average molecular weight is 280 g/mol. The van der Waals surface area contributed by atoms with E-state index in [1.165, 1.54) is 18.5 Å². The summed E-state index contributed by atoms with van der Waals surface area (Å²) in [5.41, 5.74) is 1.22. The van der Waals surface area contributed by atoms with Crippen LogP contribution in [0.25, 0.3) is 0 Å². The monoisotopic (exact) mass is 280 g/mol. The van der Waals surface area contributed by atoms with E-state index in [1.54, 1.807) is 0 Å². The summed E-state index contributed by atoms with van der Waals surface area (Å²) in [7, 11) is 0. The van der Waals surface area contributed by atoms with Crippen LogP contribution in [0.15, 0.2) is 29.2 Å². The molecular formula is C15H21FN2S. The second kappa shape index (κ2) is 5.71. The summed E-state index contributed by atoms with van der Waals surface area (Å²) in [5, 5.41) is 0. The third-order valence-corrected chi connectivity index (χ3v) is 4.94. The van der Waals surface area contributed by atoms with Gasteiger partial charge in [-0.05, 0) is 49.9 Å². The highest BCUT2D eigenvalue weighted by atomic mass is 32.2. The maximum Gasteiger partial charge on any atom is 0.0812 e. The number of halogens is 1. The lowest BCUT2D eigenvalue weighted by molar-refractivity contribution is 0.179. The maximum absolute atomic E-state index is 12.4. The molecule has 1 heterocycles. The number of piperazine rings is 1. The Morgan fingerprint density at radius 3 is 2.26 bits per heavy atom. The maximum atomic E-state index is 12.4. The first-order valence-electron chi connectivity index (χ1n) is 7.15. The van der Waals surface area contributed by atoms with E-state index in [1.807, 2.05) is 24.3 Å². The molecule has 0 bridgehead atoms. The summed E-state index contributed by atoms with van der Waals surface area (Å²) in [6.45, 7) is 6.84. The Labute approximate surface area is 119 Å². The highest BCUT2D eigenvalue weighted by molar-refractivity contribution is 7.94. The van der Waals surface area contributed by atoms with Gasteiger partial charge in [0.2, 0.25) is 0 Å². The second-order valence-corrected chi connectivity index (χ2v) is 6.30. The summed E-state index contributed by atoms with van der Waals surface area (Å²) in [5.74, 6) is 0.951. The molecule has 1 atom stereocenters. The van der Waals surface area contributed by atoms with Crippen LogP contribution in [-0.4, -0.2) is 37.1 Å². The highest BCUT2D eigenvalue weighted by Crippen LogP contribution is 2.35. The van der Waals surface area contributed by atoms with Crippen molar-refractivity contribution in [1.29, 1.82) is 0 Å². The first-order valence-corrected chi connectivity index (χ1v) is 7.87. The molecule has 0 amide bonds. The zero-order chi connectivity index (χ0) is 13.2. The van der Waals surface area contributed by atoms with Crippen LogP contribution in [-0.2, 0) is 0 Å². The third kappa shape index (κ3) is 3.06. The van der Waals surface area contributed by atoms with Crippen LogP contribution in [0, 0.1) is 5.92 Å². The minimum Gasteiger partial charge on any atom is -0.369 e. The van der Waals surface area contributed by atoms with Gasteiger partial charge in [-0.2, -0.15) is 3.89 Å². The van der Waals surface area contributed by atoms with E-state index >= 15 is 0 Å². The predicted molar refractivity (Wildman–Crippen MR) is 79.4 cm³/mol. The second-order valence-electron chi connectivity index (χ2n) is 5.67. The van der Waals surface area contributed by atoms with Crippen LogP contribution in [0.1, 0.15) is 19.8 Å². The molecule has 2 nitrogen and oxygen atoms in total. The highest BCUT2D eigenvalue weighted by Gasteiger charge is 2.33. The van der Waals surface area contributed by atoms with Crippen molar-refractivity contribution in [2.75, 3.05) is 31.1 Å². The molecule has 0 radical (unpaired) electrons. The third-order valence-electron chi connectivity index (χ3n) is 4.49. The van der Waals surface area contributed by atoms with Gasteiger partial charge in [0.1, 0.15) is 0 Å². The minimum atomic E-state index is 0.312. The zero-order valence-corrected chi connectivity index (χ0v) is 12.2. The molecule has 1 unspecified atom stereocenters. The van der Waals surface area contributed by atoms with Gasteiger partial charge in [0.25, 0.3) is 0 Å². The van der Waals surface area contributed by atoms with Crippen molar-refractivity contribution < 1.29 is 3.89 Å². The number of benzene rings is 1. The summed E-state index contributed by atoms with van der Waals surface area (Å²) < 4.78 is 12.4. The fraction of sp³-hybridized carbons (Fsp3) is 0.600. The minimum absolute atomic E-state index is 0.312. The van der Waals surface area contributed by atoms with Gasteiger partial charge in [-0.1, -0.05) is 0 Å². The van der Waals surface area contributed by atoms with Gasteiger partial charge in [-0.3, -0.25) is 4.90 Å². The van der Waals surface area contributed by atoms with E-state index in [9.17, 15) is 3.89 Å². The van der Waals surface area contributed by atoms with Crippen molar-refractivity contribution >= 4 is 17.8 Å². The molecule has 2 aliphatic rings. The fourth-order valence-corrected chi connectivity index (χ4v) is 3.21. The van der Waals surface area contributed by atoms with Gasteiger partial charge < -0.3 is 4.90 Å². The molecule has 3 rings (SSSR count). The van der Waals surface area contributed by atoms with E-state index in [2.05, 4.69) is 16.7 Å². The van der Waals surface area contributed by atoms with Crippen LogP contribution in [0.3, 0.4) is 0 Å². The first kappa shape index (κ1) is 13.3. The largest absolute Gasteiger partial charge is 0.369 e. The first-order chi connectivity index (χ1) is 9.28. The Morgan fingerprint density at radius 1 is 1.11 bits per heavy atom. The van der Waals surface area contributed by atoms with E-state index in [-0.39, 0.29) is 0 Å². The molecule has 1 aromatic carbocycles. The lowest BCUT2D eigenvalue weighted by atomic mass is 10.1. The molecule has 0 aromatic heterocycles. The van der Waals surface area contributed by atoms with Gasteiger partial charge in [0.15, 0.2) is 0 Å². The van der Waals surface area contributed by atoms with Crippen molar-refractivity contribution in [3.05, 3.63) is 24.3 Å². The quantitative estimate of drug-likeness (QED) is 0.832. The summed E-state index contributed by atoms with van der Waals surface area (Å²) in [6.07, 6.45) is 2.84. The number of rotatable bonds is 4. The summed E-state index contributed by atoms with van der Waals surface area (Å²) >= 11 is 0.312. The molecule has 1 saturated heterocycles. The number of nitrogens with zero attached hydrogens (tertiary/aromatic N) is 2. The number of anilines is 1. The van der Waals surface area contributed by atoms with Crippen molar-refractivity contribution in [3.8, 4) is 0 Å². The average Bonchev–Trinajstić information content (AvgIpc) is 3.31. The Morgan fingerprint density at radius 2 is 1.74 bits per heavy atom. The van der Waals surface area contributed by atoms with Crippen molar-refractivity contribution in [2.45, 2.75) is 30.7 Å². The van der Waals surface area contributed by atoms with E-state index in [0.29, 0.717) is 17.0 Å². The Balaban J connectivity index is 1.56. The molecule has 1 aromatic rings. The lowest BCUT2D eigenvalue weighted by Gasteiger charge is -2.39. The van der Waals surface area contributed by atoms with Crippen LogP contribution in [0.2, 0.25) is 0 Å². The molecule has 0 spiro atoms. The molecule has 1 aliphatic carbocycles. The van der Waals surface area contributed by atoms with Crippen molar-refractivity contribution in [3.63, 3.8) is 0 Å². The fourth-order valence-electron chi connectivity index (χ4n) is 2.97. The van der Waals surface area contributed by atoms with E-state index < -0.39 is 0 Å². The molecule has 104 valence electrons. The topological polar surface area (TPSA) is 6.48 Å². The Hall–Kier alpha value is -0.740. The van der Waals surface area contributed by atoms with Crippen molar-refractivity contribution in [2.24, 2.45) is 5.92 Å². The number of hydrogen-bond acceptors (Lipinski definition) is 3. The molecule has 2 fully saturated rings. The molecule has 4 heteroatoms.